The van der Waals surface area contributed by atoms with E-state index in [1.165, 1.54) is 0 Å². The molecule has 2 aromatic heterocycles. The fourth-order valence-corrected chi connectivity index (χ4v) is 1.22. The van der Waals surface area contributed by atoms with Crippen LogP contribution in [-0.4, -0.2) is 15.2 Å². The number of hydrogen-bond acceptors (Lipinski definition) is 5. The lowest BCUT2D eigenvalue weighted by atomic mass is 10.2. The maximum atomic E-state index is 5.41. The molecule has 0 aliphatic carbocycles. The van der Waals surface area contributed by atoms with Crippen molar-refractivity contribution in [1.29, 1.82) is 0 Å². The normalized spacial score (nSPS) is 10.7. The van der Waals surface area contributed by atoms with Crippen molar-refractivity contribution >= 4 is 6.01 Å². The SMILES string of the molecule is CC(C)c1nnc(NCc2cccnc2)o1. The summed E-state index contributed by atoms with van der Waals surface area (Å²) >= 11 is 0. The minimum Gasteiger partial charge on any atom is -0.408 e. The van der Waals surface area contributed by atoms with E-state index in [1.54, 1.807) is 12.4 Å². The van der Waals surface area contributed by atoms with E-state index < -0.39 is 0 Å². The van der Waals surface area contributed by atoms with E-state index in [4.69, 9.17) is 4.42 Å². The van der Waals surface area contributed by atoms with Gasteiger partial charge in [-0.2, -0.15) is 0 Å². The highest BCUT2D eigenvalue weighted by molar-refractivity contribution is 5.21. The van der Waals surface area contributed by atoms with Crippen LogP contribution in [0.2, 0.25) is 0 Å². The van der Waals surface area contributed by atoms with Crippen molar-refractivity contribution in [2.45, 2.75) is 26.3 Å². The summed E-state index contributed by atoms with van der Waals surface area (Å²) in [6.45, 7) is 4.66. The van der Waals surface area contributed by atoms with Gasteiger partial charge in [-0.25, -0.2) is 0 Å². The zero-order valence-electron chi connectivity index (χ0n) is 9.34. The number of rotatable bonds is 4. The summed E-state index contributed by atoms with van der Waals surface area (Å²) in [6.07, 6.45) is 3.54. The van der Waals surface area contributed by atoms with Crippen LogP contribution in [-0.2, 0) is 6.54 Å². The molecule has 0 saturated carbocycles. The van der Waals surface area contributed by atoms with Crippen molar-refractivity contribution in [3.05, 3.63) is 36.0 Å². The summed E-state index contributed by atoms with van der Waals surface area (Å²) in [7, 11) is 0. The quantitative estimate of drug-likeness (QED) is 0.852. The lowest BCUT2D eigenvalue weighted by Gasteiger charge is -2.00. The third-order valence-corrected chi connectivity index (χ3v) is 2.10. The van der Waals surface area contributed by atoms with Crippen LogP contribution in [0.3, 0.4) is 0 Å². The van der Waals surface area contributed by atoms with Gasteiger partial charge in [-0.3, -0.25) is 4.98 Å². The molecular formula is C11H14N4O. The molecule has 2 heterocycles. The number of nitrogens with zero attached hydrogens (tertiary/aromatic N) is 3. The number of nitrogens with one attached hydrogen (secondary N) is 1. The molecule has 0 unspecified atom stereocenters. The second-order valence-electron chi connectivity index (χ2n) is 3.81. The average Bonchev–Trinajstić information content (AvgIpc) is 2.76. The van der Waals surface area contributed by atoms with E-state index in [-0.39, 0.29) is 5.92 Å². The zero-order chi connectivity index (χ0) is 11.4. The lowest BCUT2D eigenvalue weighted by molar-refractivity contribution is 0.480. The van der Waals surface area contributed by atoms with Crippen LogP contribution >= 0.6 is 0 Å². The molecule has 0 spiro atoms. The van der Waals surface area contributed by atoms with Gasteiger partial charge < -0.3 is 9.73 Å². The van der Waals surface area contributed by atoms with Crippen LogP contribution in [0.1, 0.15) is 31.2 Å². The molecule has 2 aromatic rings. The molecule has 5 nitrogen and oxygen atoms in total. The zero-order valence-corrected chi connectivity index (χ0v) is 9.34. The predicted octanol–water partition coefficient (Wildman–Crippen LogP) is 2.20. The Morgan fingerprint density at radius 2 is 2.25 bits per heavy atom. The van der Waals surface area contributed by atoms with Crippen molar-refractivity contribution in [3.8, 4) is 0 Å². The second kappa shape index (κ2) is 4.74. The molecule has 2 rings (SSSR count). The van der Waals surface area contributed by atoms with Crippen molar-refractivity contribution < 1.29 is 4.42 Å². The van der Waals surface area contributed by atoms with Crippen LogP contribution in [0.25, 0.3) is 0 Å². The lowest BCUT2D eigenvalue weighted by Crippen LogP contribution is -1.99. The number of hydrogen-bond donors (Lipinski definition) is 1. The Morgan fingerprint density at radius 1 is 1.38 bits per heavy atom. The fourth-order valence-electron chi connectivity index (χ4n) is 1.22. The van der Waals surface area contributed by atoms with Crippen LogP contribution in [0, 0.1) is 0 Å². The van der Waals surface area contributed by atoms with Crippen molar-refractivity contribution in [1.82, 2.24) is 15.2 Å². The minimum atomic E-state index is 0.251. The van der Waals surface area contributed by atoms with Gasteiger partial charge in [-0.1, -0.05) is 25.0 Å². The smallest absolute Gasteiger partial charge is 0.315 e. The third kappa shape index (κ3) is 2.56. The van der Waals surface area contributed by atoms with Gasteiger partial charge in [-0.15, -0.1) is 5.10 Å². The number of aromatic nitrogens is 3. The van der Waals surface area contributed by atoms with Gasteiger partial charge >= 0.3 is 6.01 Å². The molecule has 0 atom stereocenters. The van der Waals surface area contributed by atoms with E-state index in [0.717, 1.165) is 5.56 Å². The van der Waals surface area contributed by atoms with Gasteiger partial charge in [0.15, 0.2) is 0 Å². The summed E-state index contributed by atoms with van der Waals surface area (Å²) in [4.78, 5) is 4.02. The van der Waals surface area contributed by atoms with Gasteiger partial charge in [-0.05, 0) is 11.6 Å². The molecule has 0 bridgehead atoms. The van der Waals surface area contributed by atoms with E-state index >= 15 is 0 Å². The van der Waals surface area contributed by atoms with Crippen LogP contribution in [0.4, 0.5) is 6.01 Å². The first kappa shape index (κ1) is 10.6. The first-order chi connectivity index (χ1) is 7.75. The summed E-state index contributed by atoms with van der Waals surface area (Å²) in [6, 6.07) is 4.33. The Bertz CT molecular complexity index is 438. The van der Waals surface area contributed by atoms with Gasteiger partial charge in [0.05, 0.1) is 0 Å². The molecule has 0 radical (unpaired) electrons. The monoisotopic (exact) mass is 218 g/mol. The highest BCUT2D eigenvalue weighted by Gasteiger charge is 2.08. The highest BCUT2D eigenvalue weighted by Crippen LogP contribution is 2.15. The molecule has 1 N–H and O–H groups in total. The second-order valence-corrected chi connectivity index (χ2v) is 3.81. The maximum Gasteiger partial charge on any atom is 0.315 e. The molecule has 16 heavy (non-hydrogen) atoms. The Hall–Kier alpha value is -1.91. The topological polar surface area (TPSA) is 63.8 Å². The predicted molar refractivity (Wildman–Crippen MR) is 60.0 cm³/mol. The molecule has 0 aliphatic rings. The number of anilines is 1. The standard InChI is InChI=1S/C11H14N4O/c1-8(2)10-14-15-11(16-10)13-7-9-4-3-5-12-6-9/h3-6,8H,7H2,1-2H3,(H,13,15). The molecule has 5 heteroatoms. The third-order valence-electron chi connectivity index (χ3n) is 2.10. The van der Waals surface area contributed by atoms with E-state index in [2.05, 4.69) is 20.5 Å². The van der Waals surface area contributed by atoms with Gasteiger partial charge in [0.25, 0.3) is 0 Å². The summed E-state index contributed by atoms with van der Waals surface area (Å²) in [5, 5.41) is 10.9. The first-order valence-electron chi connectivity index (χ1n) is 5.22. The summed E-state index contributed by atoms with van der Waals surface area (Å²) < 4.78 is 5.41. The maximum absolute atomic E-state index is 5.41. The Kier molecular flexibility index (Phi) is 3.14. The Morgan fingerprint density at radius 3 is 2.88 bits per heavy atom. The van der Waals surface area contributed by atoms with Gasteiger partial charge in [0.1, 0.15) is 0 Å². The van der Waals surface area contributed by atoms with Crippen molar-refractivity contribution in [3.63, 3.8) is 0 Å². The molecule has 0 saturated heterocycles. The number of pyridine rings is 1. The van der Waals surface area contributed by atoms with Crippen molar-refractivity contribution in [2.24, 2.45) is 0 Å². The molecule has 0 amide bonds. The first-order valence-corrected chi connectivity index (χ1v) is 5.22. The molecule has 0 aromatic carbocycles. The molecular weight excluding hydrogens is 204 g/mol. The highest BCUT2D eigenvalue weighted by atomic mass is 16.4. The van der Waals surface area contributed by atoms with Crippen LogP contribution in [0.15, 0.2) is 28.9 Å². The van der Waals surface area contributed by atoms with Crippen LogP contribution in [0.5, 0.6) is 0 Å². The van der Waals surface area contributed by atoms with Crippen LogP contribution < -0.4 is 5.32 Å². The minimum absolute atomic E-state index is 0.251. The summed E-state index contributed by atoms with van der Waals surface area (Å²) in [5.41, 5.74) is 1.08. The van der Waals surface area contributed by atoms with Gasteiger partial charge in [0.2, 0.25) is 5.89 Å². The molecule has 84 valence electrons. The molecule has 0 aliphatic heterocycles. The van der Waals surface area contributed by atoms with E-state index in [1.807, 2.05) is 26.0 Å². The average molecular weight is 218 g/mol. The van der Waals surface area contributed by atoms with E-state index in [9.17, 15) is 0 Å². The fraction of sp³-hybridized carbons (Fsp3) is 0.364. The van der Waals surface area contributed by atoms with Crippen molar-refractivity contribution in [2.75, 3.05) is 5.32 Å². The molecule has 0 fully saturated rings. The van der Waals surface area contributed by atoms with Gasteiger partial charge in [0, 0.05) is 24.9 Å². The largest absolute Gasteiger partial charge is 0.408 e. The Labute approximate surface area is 93.9 Å². The Balaban J connectivity index is 1.95. The van der Waals surface area contributed by atoms with E-state index in [0.29, 0.717) is 18.5 Å². The summed E-state index contributed by atoms with van der Waals surface area (Å²) in [5.74, 6) is 0.898.